The summed E-state index contributed by atoms with van der Waals surface area (Å²) in [5, 5.41) is 0. The summed E-state index contributed by atoms with van der Waals surface area (Å²) in [4.78, 5) is 13.9. The van der Waals surface area contributed by atoms with E-state index in [4.69, 9.17) is 5.73 Å². The molecule has 0 radical (unpaired) electrons. The number of hydrogen-bond acceptors (Lipinski definition) is 2. The minimum Gasteiger partial charge on any atom is -0.345 e. The SMILES string of the molecule is CCC(CCN)CCC(=O)N(C)CCc1ccccc1. The van der Waals surface area contributed by atoms with E-state index in [9.17, 15) is 4.79 Å². The van der Waals surface area contributed by atoms with E-state index in [1.54, 1.807) is 0 Å². The van der Waals surface area contributed by atoms with E-state index in [0.717, 1.165) is 38.8 Å². The van der Waals surface area contributed by atoms with Crippen molar-refractivity contribution >= 4 is 5.91 Å². The molecule has 1 aromatic rings. The molecular weight excluding hydrogens is 248 g/mol. The first-order chi connectivity index (χ1) is 9.67. The summed E-state index contributed by atoms with van der Waals surface area (Å²) in [5.74, 6) is 0.836. The van der Waals surface area contributed by atoms with E-state index >= 15 is 0 Å². The first-order valence-corrected chi connectivity index (χ1v) is 7.65. The van der Waals surface area contributed by atoms with Gasteiger partial charge in [-0.2, -0.15) is 0 Å². The maximum atomic E-state index is 12.1. The van der Waals surface area contributed by atoms with Gasteiger partial charge in [0.2, 0.25) is 5.91 Å². The van der Waals surface area contributed by atoms with Crippen LogP contribution in [0.1, 0.15) is 38.2 Å². The Morgan fingerprint density at radius 1 is 1.25 bits per heavy atom. The molecular formula is C17H28N2O. The fourth-order valence-corrected chi connectivity index (χ4v) is 2.37. The van der Waals surface area contributed by atoms with Crippen molar-refractivity contribution in [2.24, 2.45) is 11.7 Å². The molecule has 0 heterocycles. The quantitative estimate of drug-likeness (QED) is 0.754. The average molecular weight is 276 g/mol. The zero-order valence-electron chi connectivity index (χ0n) is 12.8. The van der Waals surface area contributed by atoms with E-state index in [1.807, 2.05) is 30.1 Å². The number of amides is 1. The number of hydrogen-bond donors (Lipinski definition) is 1. The number of nitrogens with zero attached hydrogens (tertiary/aromatic N) is 1. The number of likely N-dealkylation sites (N-methyl/N-ethyl adjacent to an activating group) is 1. The predicted molar refractivity (Wildman–Crippen MR) is 84.5 cm³/mol. The maximum absolute atomic E-state index is 12.1. The molecule has 0 aliphatic rings. The fourth-order valence-electron chi connectivity index (χ4n) is 2.37. The Morgan fingerprint density at radius 2 is 1.95 bits per heavy atom. The molecule has 2 N–H and O–H groups in total. The lowest BCUT2D eigenvalue weighted by atomic mass is 9.96. The lowest BCUT2D eigenvalue weighted by Crippen LogP contribution is -2.29. The minimum absolute atomic E-state index is 0.247. The van der Waals surface area contributed by atoms with Gasteiger partial charge >= 0.3 is 0 Å². The molecule has 0 aliphatic carbocycles. The molecule has 3 heteroatoms. The second kappa shape index (κ2) is 9.54. The molecule has 1 atom stereocenters. The molecule has 20 heavy (non-hydrogen) atoms. The number of carbonyl (C=O) groups excluding carboxylic acids is 1. The van der Waals surface area contributed by atoms with E-state index in [2.05, 4.69) is 19.1 Å². The van der Waals surface area contributed by atoms with Crippen LogP contribution < -0.4 is 5.73 Å². The van der Waals surface area contributed by atoms with Gasteiger partial charge < -0.3 is 10.6 Å². The van der Waals surface area contributed by atoms with Gasteiger partial charge in [0.15, 0.2) is 0 Å². The van der Waals surface area contributed by atoms with Crippen molar-refractivity contribution in [3.05, 3.63) is 35.9 Å². The van der Waals surface area contributed by atoms with Crippen molar-refractivity contribution in [1.29, 1.82) is 0 Å². The van der Waals surface area contributed by atoms with Gasteiger partial charge in [-0.1, -0.05) is 43.7 Å². The van der Waals surface area contributed by atoms with Crippen LogP contribution in [0.25, 0.3) is 0 Å². The van der Waals surface area contributed by atoms with Gasteiger partial charge in [-0.25, -0.2) is 0 Å². The largest absolute Gasteiger partial charge is 0.345 e. The van der Waals surface area contributed by atoms with E-state index in [1.165, 1.54) is 5.56 Å². The van der Waals surface area contributed by atoms with Crippen LogP contribution in [0.15, 0.2) is 30.3 Å². The van der Waals surface area contributed by atoms with Crippen molar-refractivity contribution in [1.82, 2.24) is 4.90 Å². The van der Waals surface area contributed by atoms with Gasteiger partial charge in [0.05, 0.1) is 0 Å². The lowest BCUT2D eigenvalue weighted by molar-refractivity contribution is -0.130. The molecule has 0 aromatic heterocycles. The monoisotopic (exact) mass is 276 g/mol. The molecule has 0 aliphatic heterocycles. The number of benzene rings is 1. The number of rotatable bonds is 9. The van der Waals surface area contributed by atoms with Gasteiger partial charge in [0, 0.05) is 20.0 Å². The molecule has 1 rings (SSSR count). The minimum atomic E-state index is 0.247. The van der Waals surface area contributed by atoms with Gasteiger partial charge in [0.1, 0.15) is 0 Å². The van der Waals surface area contributed by atoms with Gasteiger partial charge in [-0.05, 0) is 37.3 Å². The average Bonchev–Trinajstić information content (AvgIpc) is 2.49. The zero-order chi connectivity index (χ0) is 14.8. The van der Waals surface area contributed by atoms with Crippen LogP contribution in [-0.2, 0) is 11.2 Å². The highest BCUT2D eigenvalue weighted by molar-refractivity contribution is 5.75. The molecule has 0 fully saturated rings. The zero-order valence-corrected chi connectivity index (χ0v) is 12.8. The Labute approximate surface area is 123 Å². The van der Waals surface area contributed by atoms with E-state index in [-0.39, 0.29) is 5.91 Å². The van der Waals surface area contributed by atoms with Crippen molar-refractivity contribution < 1.29 is 4.79 Å². The Morgan fingerprint density at radius 3 is 2.55 bits per heavy atom. The first kappa shape index (κ1) is 16.7. The van der Waals surface area contributed by atoms with Crippen LogP contribution in [0.5, 0.6) is 0 Å². The number of nitrogens with two attached hydrogens (primary N) is 1. The topological polar surface area (TPSA) is 46.3 Å². The van der Waals surface area contributed by atoms with Crippen molar-refractivity contribution in [2.45, 2.75) is 39.0 Å². The fraction of sp³-hybridized carbons (Fsp3) is 0.588. The van der Waals surface area contributed by atoms with Crippen LogP contribution in [0.3, 0.4) is 0 Å². The first-order valence-electron chi connectivity index (χ1n) is 7.65. The molecule has 0 saturated carbocycles. The van der Waals surface area contributed by atoms with Crippen LogP contribution in [0, 0.1) is 5.92 Å². The van der Waals surface area contributed by atoms with Crippen LogP contribution in [0.2, 0.25) is 0 Å². The Bertz CT molecular complexity index is 378. The third kappa shape index (κ3) is 6.20. The van der Waals surface area contributed by atoms with Crippen molar-refractivity contribution in [2.75, 3.05) is 20.1 Å². The highest BCUT2D eigenvalue weighted by Crippen LogP contribution is 2.15. The van der Waals surface area contributed by atoms with E-state index < -0.39 is 0 Å². The van der Waals surface area contributed by atoms with E-state index in [0.29, 0.717) is 12.3 Å². The summed E-state index contributed by atoms with van der Waals surface area (Å²) in [6.07, 6.45) is 4.66. The van der Waals surface area contributed by atoms with Crippen molar-refractivity contribution in [3.63, 3.8) is 0 Å². The molecule has 0 spiro atoms. The van der Waals surface area contributed by atoms with Crippen LogP contribution >= 0.6 is 0 Å². The standard InChI is InChI=1S/C17H28N2O/c1-3-15(11-13-18)9-10-17(20)19(2)14-12-16-7-5-4-6-8-16/h4-8,15H,3,9-14,18H2,1-2H3. The van der Waals surface area contributed by atoms with Gasteiger partial charge in [0.25, 0.3) is 0 Å². The second-order valence-corrected chi connectivity index (χ2v) is 5.44. The number of carbonyl (C=O) groups is 1. The molecule has 0 bridgehead atoms. The summed E-state index contributed by atoms with van der Waals surface area (Å²) in [5.41, 5.74) is 6.87. The summed E-state index contributed by atoms with van der Waals surface area (Å²) >= 11 is 0. The van der Waals surface area contributed by atoms with Crippen LogP contribution in [-0.4, -0.2) is 30.9 Å². The summed E-state index contributed by atoms with van der Waals surface area (Å²) in [7, 11) is 1.90. The maximum Gasteiger partial charge on any atom is 0.222 e. The molecule has 1 unspecified atom stereocenters. The Balaban J connectivity index is 2.28. The normalized spacial score (nSPS) is 12.2. The lowest BCUT2D eigenvalue weighted by Gasteiger charge is -2.19. The molecule has 1 aromatic carbocycles. The van der Waals surface area contributed by atoms with Crippen LogP contribution in [0.4, 0.5) is 0 Å². The molecule has 112 valence electrons. The summed E-state index contributed by atoms with van der Waals surface area (Å²) in [6, 6.07) is 10.3. The highest BCUT2D eigenvalue weighted by atomic mass is 16.2. The summed E-state index contributed by atoms with van der Waals surface area (Å²) < 4.78 is 0. The third-order valence-electron chi connectivity index (χ3n) is 3.92. The smallest absolute Gasteiger partial charge is 0.222 e. The van der Waals surface area contributed by atoms with Gasteiger partial charge in [-0.3, -0.25) is 4.79 Å². The molecule has 1 amide bonds. The molecule has 3 nitrogen and oxygen atoms in total. The third-order valence-corrected chi connectivity index (χ3v) is 3.92. The predicted octanol–water partition coefficient (Wildman–Crippen LogP) is 2.84. The Kier molecular flexibility index (Phi) is 7.97. The Hall–Kier alpha value is -1.35. The highest BCUT2D eigenvalue weighted by Gasteiger charge is 2.12. The molecule has 0 saturated heterocycles. The summed E-state index contributed by atoms with van der Waals surface area (Å²) in [6.45, 7) is 3.68. The van der Waals surface area contributed by atoms with Crippen molar-refractivity contribution in [3.8, 4) is 0 Å². The van der Waals surface area contributed by atoms with Gasteiger partial charge in [-0.15, -0.1) is 0 Å². The second-order valence-electron chi connectivity index (χ2n) is 5.44.